The monoisotopic (exact) mass is 293 g/mol. The highest BCUT2D eigenvalue weighted by atomic mass is 16.5. The number of carbonyl (C=O) groups is 1. The van der Waals surface area contributed by atoms with Crippen LogP contribution in [0.1, 0.15) is 18.4 Å². The van der Waals surface area contributed by atoms with Gasteiger partial charge in [0, 0.05) is 13.1 Å². The molecule has 0 bridgehead atoms. The van der Waals surface area contributed by atoms with Gasteiger partial charge in [0.25, 0.3) is 0 Å². The summed E-state index contributed by atoms with van der Waals surface area (Å²) >= 11 is 0. The fraction of sp³-hybridized carbons (Fsp3) is 0.562. The fourth-order valence-corrected chi connectivity index (χ4v) is 2.52. The van der Waals surface area contributed by atoms with E-state index in [1.165, 1.54) is 0 Å². The van der Waals surface area contributed by atoms with Crippen LogP contribution in [-0.4, -0.2) is 55.4 Å². The molecule has 1 saturated heterocycles. The van der Waals surface area contributed by atoms with Crippen LogP contribution in [0.25, 0.3) is 0 Å². The molecule has 0 atom stereocenters. The van der Waals surface area contributed by atoms with Crippen LogP contribution >= 0.6 is 0 Å². The van der Waals surface area contributed by atoms with Crippen LogP contribution in [-0.2, 0) is 16.0 Å². The SMILES string of the molecule is COc1ccc(CC(=O)N2CCC(OCCO)CC2)cc1. The molecule has 0 spiro atoms. The minimum Gasteiger partial charge on any atom is -0.497 e. The highest BCUT2D eigenvalue weighted by molar-refractivity contribution is 5.78. The van der Waals surface area contributed by atoms with E-state index in [1.54, 1.807) is 7.11 Å². The molecule has 1 aromatic rings. The van der Waals surface area contributed by atoms with Crippen LogP contribution in [0.5, 0.6) is 5.75 Å². The fourth-order valence-electron chi connectivity index (χ4n) is 2.52. The Labute approximate surface area is 125 Å². The van der Waals surface area contributed by atoms with Crippen molar-refractivity contribution in [3.8, 4) is 5.75 Å². The van der Waals surface area contributed by atoms with Crippen LogP contribution < -0.4 is 4.74 Å². The van der Waals surface area contributed by atoms with Gasteiger partial charge in [0.05, 0.1) is 32.8 Å². The standard InChI is InChI=1S/C16H23NO4/c1-20-14-4-2-13(3-5-14)12-16(19)17-8-6-15(7-9-17)21-11-10-18/h2-5,15,18H,6-12H2,1H3. The average Bonchev–Trinajstić information content (AvgIpc) is 2.54. The van der Waals surface area contributed by atoms with Crippen molar-refractivity contribution in [3.63, 3.8) is 0 Å². The van der Waals surface area contributed by atoms with Crippen molar-refractivity contribution in [1.82, 2.24) is 4.90 Å². The molecule has 1 aliphatic heterocycles. The van der Waals surface area contributed by atoms with Crippen molar-refractivity contribution in [1.29, 1.82) is 0 Å². The van der Waals surface area contributed by atoms with Gasteiger partial charge in [-0.1, -0.05) is 12.1 Å². The van der Waals surface area contributed by atoms with E-state index in [9.17, 15) is 4.79 Å². The van der Waals surface area contributed by atoms with Gasteiger partial charge in [-0.15, -0.1) is 0 Å². The van der Waals surface area contributed by atoms with Crippen molar-refractivity contribution >= 4 is 5.91 Å². The lowest BCUT2D eigenvalue weighted by Crippen LogP contribution is -2.41. The zero-order chi connectivity index (χ0) is 15.1. The van der Waals surface area contributed by atoms with Crippen molar-refractivity contribution in [2.75, 3.05) is 33.4 Å². The largest absolute Gasteiger partial charge is 0.497 e. The first-order chi connectivity index (χ1) is 10.2. The summed E-state index contributed by atoms with van der Waals surface area (Å²) in [5, 5.41) is 8.74. The van der Waals surface area contributed by atoms with Crippen molar-refractivity contribution < 1.29 is 19.4 Å². The molecule has 1 heterocycles. The number of benzene rings is 1. The first-order valence-electron chi connectivity index (χ1n) is 7.36. The van der Waals surface area contributed by atoms with Crippen LogP contribution in [0.15, 0.2) is 24.3 Å². The maximum absolute atomic E-state index is 12.3. The van der Waals surface area contributed by atoms with Gasteiger partial charge in [0.2, 0.25) is 5.91 Å². The zero-order valence-electron chi connectivity index (χ0n) is 12.5. The molecule has 1 fully saturated rings. The van der Waals surface area contributed by atoms with E-state index in [0.29, 0.717) is 13.0 Å². The first kappa shape index (κ1) is 15.8. The van der Waals surface area contributed by atoms with Gasteiger partial charge in [-0.05, 0) is 30.5 Å². The Morgan fingerprint density at radius 1 is 1.29 bits per heavy atom. The van der Waals surface area contributed by atoms with Crippen LogP contribution in [0, 0.1) is 0 Å². The van der Waals surface area contributed by atoms with E-state index in [4.69, 9.17) is 14.6 Å². The number of amides is 1. The number of methoxy groups -OCH3 is 1. The molecule has 5 heteroatoms. The van der Waals surface area contributed by atoms with E-state index in [1.807, 2.05) is 29.2 Å². The Kier molecular flexibility index (Phi) is 6.02. The Morgan fingerprint density at radius 3 is 2.52 bits per heavy atom. The molecule has 0 radical (unpaired) electrons. The van der Waals surface area contributed by atoms with Gasteiger partial charge in [-0.3, -0.25) is 4.79 Å². The maximum Gasteiger partial charge on any atom is 0.226 e. The Morgan fingerprint density at radius 2 is 1.95 bits per heavy atom. The second kappa shape index (κ2) is 8.00. The zero-order valence-corrected chi connectivity index (χ0v) is 12.5. The quantitative estimate of drug-likeness (QED) is 0.857. The number of hydrogen-bond acceptors (Lipinski definition) is 4. The molecular weight excluding hydrogens is 270 g/mol. The second-order valence-electron chi connectivity index (χ2n) is 5.20. The van der Waals surface area contributed by atoms with E-state index >= 15 is 0 Å². The van der Waals surface area contributed by atoms with Crippen LogP contribution in [0.2, 0.25) is 0 Å². The molecule has 1 N–H and O–H groups in total. The number of aliphatic hydroxyl groups excluding tert-OH is 1. The molecule has 1 aliphatic rings. The summed E-state index contributed by atoms with van der Waals surface area (Å²) < 4.78 is 10.6. The predicted octanol–water partition coefficient (Wildman–Crippen LogP) is 1.24. The topological polar surface area (TPSA) is 59.0 Å². The summed E-state index contributed by atoms with van der Waals surface area (Å²) in [5.41, 5.74) is 0.999. The van der Waals surface area contributed by atoms with Gasteiger partial charge in [0.15, 0.2) is 0 Å². The van der Waals surface area contributed by atoms with Gasteiger partial charge < -0.3 is 19.5 Å². The smallest absolute Gasteiger partial charge is 0.226 e. The molecule has 21 heavy (non-hydrogen) atoms. The van der Waals surface area contributed by atoms with Crippen molar-refractivity contribution in [2.45, 2.75) is 25.4 Å². The summed E-state index contributed by atoms with van der Waals surface area (Å²) in [5.74, 6) is 0.953. The lowest BCUT2D eigenvalue weighted by Gasteiger charge is -2.32. The third-order valence-corrected chi connectivity index (χ3v) is 3.75. The molecule has 5 nitrogen and oxygen atoms in total. The molecule has 2 rings (SSSR count). The summed E-state index contributed by atoms with van der Waals surface area (Å²) in [6, 6.07) is 7.59. The Balaban J connectivity index is 1.78. The summed E-state index contributed by atoms with van der Waals surface area (Å²) in [6.45, 7) is 1.89. The third-order valence-electron chi connectivity index (χ3n) is 3.75. The average molecular weight is 293 g/mol. The van der Waals surface area contributed by atoms with Gasteiger partial charge in [-0.2, -0.15) is 0 Å². The van der Waals surface area contributed by atoms with E-state index < -0.39 is 0 Å². The van der Waals surface area contributed by atoms with E-state index in [2.05, 4.69) is 0 Å². The predicted molar refractivity (Wildman–Crippen MR) is 79.3 cm³/mol. The van der Waals surface area contributed by atoms with Gasteiger partial charge in [0.1, 0.15) is 5.75 Å². The van der Waals surface area contributed by atoms with Gasteiger partial charge in [-0.25, -0.2) is 0 Å². The Bertz CT molecular complexity index is 438. The Hall–Kier alpha value is -1.59. The number of aliphatic hydroxyl groups is 1. The van der Waals surface area contributed by atoms with Crippen LogP contribution in [0.3, 0.4) is 0 Å². The molecule has 0 saturated carbocycles. The summed E-state index contributed by atoms with van der Waals surface area (Å²) in [6.07, 6.45) is 2.27. The highest BCUT2D eigenvalue weighted by Crippen LogP contribution is 2.16. The first-order valence-corrected chi connectivity index (χ1v) is 7.36. The number of carbonyl (C=O) groups excluding carboxylic acids is 1. The number of ether oxygens (including phenoxy) is 2. The minimum atomic E-state index is 0.0522. The van der Waals surface area contributed by atoms with Crippen molar-refractivity contribution in [2.24, 2.45) is 0 Å². The lowest BCUT2D eigenvalue weighted by atomic mass is 10.1. The molecule has 0 unspecified atom stereocenters. The molecule has 0 aromatic heterocycles. The maximum atomic E-state index is 12.3. The minimum absolute atomic E-state index is 0.0522. The number of likely N-dealkylation sites (tertiary alicyclic amines) is 1. The molecule has 0 aliphatic carbocycles. The van der Waals surface area contributed by atoms with Crippen molar-refractivity contribution in [3.05, 3.63) is 29.8 Å². The lowest BCUT2D eigenvalue weighted by molar-refractivity contribution is -0.133. The molecule has 116 valence electrons. The summed E-state index contributed by atoms with van der Waals surface area (Å²) in [4.78, 5) is 14.1. The van der Waals surface area contributed by atoms with Crippen LogP contribution in [0.4, 0.5) is 0 Å². The number of nitrogens with zero attached hydrogens (tertiary/aromatic N) is 1. The third kappa shape index (κ3) is 4.72. The van der Waals surface area contributed by atoms with E-state index in [0.717, 1.165) is 37.2 Å². The second-order valence-corrected chi connectivity index (χ2v) is 5.20. The molecule has 1 amide bonds. The normalized spacial score (nSPS) is 16.0. The number of hydrogen-bond donors (Lipinski definition) is 1. The number of piperidine rings is 1. The molecule has 1 aromatic carbocycles. The highest BCUT2D eigenvalue weighted by Gasteiger charge is 2.23. The molecular formula is C16H23NO4. The van der Waals surface area contributed by atoms with Gasteiger partial charge >= 0.3 is 0 Å². The number of rotatable bonds is 6. The summed E-state index contributed by atoms with van der Waals surface area (Å²) in [7, 11) is 1.63. The van der Waals surface area contributed by atoms with E-state index in [-0.39, 0.29) is 18.6 Å².